The number of rotatable bonds is 2. The summed E-state index contributed by atoms with van der Waals surface area (Å²) >= 11 is 7.26. The molecule has 0 fully saturated rings. The van der Waals surface area contributed by atoms with Gasteiger partial charge in [-0.2, -0.15) is 0 Å². The van der Waals surface area contributed by atoms with Gasteiger partial charge in [0.25, 0.3) is 5.56 Å². The molecule has 112 valence electrons. The minimum Gasteiger partial charge on any atom is -0.269 e. The molecule has 0 aliphatic heterocycles. The van der Waals surface area contributed by atoms with E-state index in [1.54, 1.807) is 4.40 Å². The van der Waals surface area contributed by atoms with Crippen LogP contribution in [0, 0.1) is 0 Å². The topological polar surface area (TPSA) is 34.4 Å². The number of hydrogen-bond acceptors (Lipinski definition) is 3. The molecule has 4 aromatic rings. The van der Waals surface area contributed by atoms with Crippen molar-refractivity contribution in [2.24, 2.45) is 0 Å². The number of halogens is 1. The molecule has 0 atom stereocenters. The predicted molar refractivity (Wildman–Crippen MR) is 95.2 cm³/mol. The van der Waals surface area contributed by atoms with Gasteiger partial charge in [-0.3, -0.25) is 9.20 Å². The van der Waals surface area contributed by atoms with Crippen LogP contribution in [0.2, 0.25) is 5.15 Å². The average Bonchev–Trinajstić information content (AvgIpc) is 3.00. The largest absolute Gasteiger partial charge is 0.269 e. The van der Waals surface area contributed by atoms with E-state index in [-0.39, 0.29) is 10.7 Å². The monoisotopic (exact) mass is 338 g/mol. The Labute approximate surface area is 141 Å². The minimum atomic E-state index is -0.164. The van der Waals surface area contributed by atoms with Crippen LogP contribution in [0.4, 0.5) is 0 Å². The highest BCUT2D eigenvalue weighted by Crippen LogP contribution is 2.27. The molecule has 0 aliphatic rings. The summed E-state index contributed by atoms with van der Waals surface area (Å²) in [6.07, 6.45) is 0. The molecule has 0 spiro atoms. The zero-order chi connectivity index (χ0) is 15.8. The molecule has 0 amide bonds. The fourth-order valence-corrected chi connectivity index (χ4v) is 3.68. The second-order valence-corrected chi connectivity index (χ2v) is 6.32. The van der Waals surface area contributed by atoms with Crippen molar-refractivity contribution in [3.05, 3.63) is 81.6 Å². The van der Waals surface area contributed by atoms with Gasteiger partial charge in [-0.05, 0) is 16.7 Å². The van der Waals surface area contributed by atoms with Crippen molar-refractivity contribution in [3.63, 3.8) is 0 Å². The molecule has 0 aliphatic carbocycles. The Bertz CT molecular complexity index is 1040. The van der Waals surface area contributed by atoms with Crippen molar-refractivity contribution in [2.75, 3.05) is 0 Å². The number of thiazole rings is 1. The number of fused-ring (bicyclic) bond motifs is 1. The molecule has 0 saturated heterocycles. The maximum atomic E-state index is 12.2. The highest BCUT2D eigenvalue weighted by molar-refractivity contribution is 7.15. The van der Waals surface area contributed by atoms with Crippen LogP contribution >= 0.6 is 22.9 Å². The smallest absolute Gasteiger partial charge is 0.260 e. The molecular weight excluding hydrogens is 328 g/mol. The van der Waals surface area contributed by atoms with Gasteiger partial charge < -0.3 is 0 Å². The lowest BCUT2D eigenvalue weighted by atomic mass is 10.0. The van der Waals surface area contributed by atoms with E-state index in [2.05, 4.69) is 29.2 Å². The Morgan fingerprint density at radius 2 is 1.57 bits per heavy atom. The quantitative estimate of drug-likeness (QED) is 0.494. The maximum Gasteiger partial charge on any atom is 0.260 e. The highest BCUT2D eigenvalue weighted by atomic mass is 35.5. The number of hydrogen-bond donors (Lipinski definition) is 0. The van der Waals surface area contributed by atoms with Gasteiger partial charge in [-0.25, -0.2) is 4.98 Å². The molecule has 0 bridgehead atoms. The molecule has 2 aromatic heterocycles. The summed E-state index contributed by atoms with van der Waals surface area (Å²) in [7, 11) is 0. The maximum absolute atomic E-state index is 12.2. The van der Waals surface area contributed by atoms with Crippen LogP contribution in [0.5, 0.6) is 0 Å². The van der Waals surface area contributed by atoms with E-state index < -0.39 is 0 Å². The van der Waals surface area contributed by atoms with E-state index in [1.807, 2.05) is 35.7 Å². The van der Waals surface area contributed by atoms with Crippen molar-refractivity contribution in [2.45, 2.75) is 0 Å². The van der Waals surface area contributed by atoms with Gasteiger partial charge in [-0.1, -0.05) is 66.2 Å². The minimum absolute atomic E-state index is 0.164. The standard InChI is InChI=1S/C18H11ClN2OS/c19-16-10-17(22)21-15(11-23-18(21)20-16)14-8-6-13(7-9-14)12-4-2-1-3-5-12/h1-11H. The van der Waals surface area contributed by atoms with Gasteiger partial charge in [0, 0.05) is 11.4 Å². The molecular formula is C18H11ClN2OS. The molecule has 0 saturated carbocycles. The second kappa shape index (κ2) is 5.65. The summed E-state index contributed by atoms with van der Waals surface area (Å²) in [4.78, 5) is 17.0. The Hall–Kier alpha value is -2.43. The van der Waals surface area contributed by atoms with Gasteiger partial charge in [0.1, 0.15) is 5.15 Å². The highest BCUT2D eigenvalue weighted by Gasteiger charge is 2.10. The summed E-state index contributed by atoms with van der Waals surface area (Å²) in [5.74, 6) is 0. The zero-order valence-corrected chi connectivity index (χ0v) is 13.5. The van der Waals surface area contributed by atoms with Crippen LogP contribution in [0.1, 0.15) is 0 Å². The third-order valence-electron chi connectivity index (χ3n) is 3.66. The second-order valence-electron chi connectivity index (χ2n) is 5.10. The van der Waals surface area contributed by atoms with E-state index in [4.69, 9.17) is 11.6 Å². The predicted octanol–water partition coefficient (Wildman–Crippen LogP) is 4.74. The Morgan fingerprint density at radius 1 is 0.913 bits per heavy atom. The Morgan fingerprint density at radius 3 is 2.30 bits per heavy atom. The van der Waals surface area contributed by atoms with Crippen LogP contribution in [-0.2, 0) is 0 Å². The SMILES string of the molecule is O=c1cc(Cl)nc2scc(-c3ccc(-c4ccccc4)cc3)n12. The first-order valence-electron chi connectivity index (χ1n) is 7.05. The summed E-state index contributed by atoms with van der Waals surface area (Å²) in [5.41, 5.74) is 3.95. The zero-order valence-electron chi connectivity index (χ0n) is 11.9. The fourth-order valence-electron chi connectivity index (χ4n) is 2.56. The van der Waals surface area contributed by atoms with E-state index in [9.17, 15) is 4.79 Å². The van der Waals surface area contributed by atoms with E-state index in [0.29, 0.717) is 4.96 Å². The van der Waals surface area contributed by atoms with Crippen LogP contribution in [-0.4, -0.2) is 9.38 Å². The van der Waals surface area contributed by atoms with E-state index in [0.717, 1.165) is 16.8 Å². The van der Waals surface area contributed by atoms with Gasteiger partial charge in [0.2, 0.25) is 0 Å². The van der Waals surface area contributed by atoms with Crippen LogP contribution in [0.3, 0.4) is 0 Å². The van der Waals surface area contributed by atoms with Crippen LogP contribution in [0.25, 0.3) is 27.3 Å². The molecule has 5 heteroatoms. The first-order chi connectivity index (χ1) is 11.2. The molecule has 4 rings (SSSR count). The molecule has 0 N–H and O–H groups in total. The van der Waals surface area contributed by atoms with Crippen LogP contribution in [0.15, 0.2) is 70.8 Å². The number of nitrogens with zero attached hydrogens (tertiary/aromatic N) is 2. The summed E-state index contributed by atoms with van der Waals surface area (Å²) in [6.45, 7) is 0. The summed E-state index contributed by atoms with van der Waals surface area (Å²) in [5, 5.41) is 2.15. The van der Waals surface area contributed by atoms with Crippen molar-refractivity contribution < 1.29 is 0 Å². The lowest BCUT2D eigenvalue weighted by molar-refractivity contribution is 1.08. The van der Waals surface area contributed by atoms with Gasteiger partial charge >= 0.3 is 0 Å². The third kappa shape index (κ3) is 2.56. The lowest BCUT2D eigenvalue weighted by Crippen LogP contribution is -2.12. The molecule has 2 heterocycles. The molecule has 0 radical (unpaired) electrons. The Kier molecular flexibility index (Phi) is 3.48. The van der Waals surface area contributed by atoms with Gasteiger partial charge in [0.15, 0.2) is 4.96 Å². The Balaban J connectivity index is 1.82. The van der Waals surface area contributed by atoms with Crippen molar-refractivity contribution in [1.82, 2.24) is 9.38 Å². The normalized spacial score (nSPS) is 11.0. The molecule has 2 aromatic carbocycles. The van der Waals surface area contributed by atoms with Crippen molar-refractivity contribution in [3.8, 4) is 22.4 Å². The summed E-state index contributed by atoms with van der Waals surface area (Å²) < 4.78 is 1.59. The average molecular weight is 339 g/mol. The molecule has 3 nitrogen and oxygen atoms in total. The first-order valence-corrected chi connectivity index (χ1v) is 8.31. The first kappa shape index (κ1) is 14.2. The van der Waals surface area contributed by atoms with Crippen molar-refractivity contribution in [1.29, 1.82) is 0 Å². The van der Waals surface area contributed by atoms with Crippen molar-refractivity contribution >= 4 is 27.9 Å². The molecule has 0 unspecified atom stereocenters. The van der Waals surface area contributed by atoms with Gasteiger partial charge in [0.05, 0.1) is 5.69 Å². The number of aromatic nitrogens is 2. The van der Waals surface area contributed by atoms with Gasteiger partial charge in [-0.15, -0.1) is 11.3 Å². The van der Waals surface area contributed by atoms with E-state index in [1.165, 1.54) is 23.0 Å². The number of benzene rings is 2. The third-order valence-corrected chi connectivity index (χ3v) is 4.68. The fraction of sp³-hybridized carbons (Fsp3) is 0. The lowest BCUT2D eigenvalue weighted by Gasteiger charge is -2.05. The van der Waals surface area contributed by atoms with E-state index >= 15 is 0 Å². The summed E-state index contributed by atoms with van der Waals surface area (Å²) in [6, 6.07) is 19.7. The van der Waals surface area contributed by atoms with Crippen LogP contribution < -0.4 is 5.56 Å². The molecule has 23 heavy (non-hydrogen) atoms.